The number of aryl methyl sites for hydroxylation is 1. The second-order valence-electron chi connectivity index (χ2n) is 9.11. The number of carbonyl (C=O) groups is 1. The number of nitrogens with one attached hydrogen (secondary N) is 1. The molecule has 0 fully saturated rings. The van der Waals surface area contributed by atoms with Gasteiger partial charge in [-0.05, 0) is 78.2 Å². The normalized spacial score (nSPS) is 11.5. The van der Waals surface area contributed by atoms with E-state index in [1.165, 1.54) is 48.5 Å². The van der Waals surface area contributed by atoms with Crippen molar-refractivity contribution < 1.29 is 32.4 Å². The minimum absolute atomic E-state index is 0.00261. The van der Waals surface area contributed by atoms with Gasteiger partial charge in [-0.15, -0.1) is 10.2 Å². The van der Waals surface area contributed by atoms with Crippen LogP contribution in [0.3, 0.4) is 0 Å². The minimum atomic E-state index is -3.01. The first kappa shape index (κ1) is 30.1. The van der Waals surface area contributed by atoms with Crippen molar-refractivity contribution >= 4 is 34.0 Å². The summed E-state index contributed by atoms with van der Waals surface area (Å²) in [7, 11) is 0. The largest absolute Gasteiger partial charge is 0.484 e. The lowest BCUT2D eigenvalue weighted by atomic mass is 10.0. The van der Waals surface area contributed by atoms with Crippen LogP contribution in [-0.2, 0) is 6.61 Å². The van der Waals surface area contributed by atoms with Crippen molar-refractivity contribution in [2.75, 3.05) is 5.43 Å². The van der Waals surface area contributed by atoms with Crippen LogP contribution in [0.2, 0.25) is 0 Å². The fourth-order valence-corrected chi connectivity index (χ4v) is 4.29. The highest BCUT2D eigenvalue weighted by Crippen LogP contribution is 2.29. The van der Waals surface area contributed by atoms with E-state index in [4.69, 9.17) is 9.15 Å². The van der Waals surface area contributed by atoms with E-state index in [9.17, 15) is 23.7 Å². The number of Topliss-reactive ketones (excluding diaryl/α,β-unsaturated/α-hetero) is 1. The molecule has 0 aliphatic heterocycles. The molecule has 1 N–H and O–H groups in total. The lowest BCUT2D eigenvalue weighted by Gasteiger charge is -2.13. The third-order valence-electron chi connectivity index (χ3n) is 5.68. The van der Waals surface area contributed by atoms with Gasteiger partial charge >= 0.3 is 6.61 Å². The van der Waals surface area contributed by atoms with Crippen LogP contribution in [0.4, 0.5) is 20.2 Å². The smallest absolute Gasteiger partial charge is 0.387 e. The molecular weight excluding hydrogens is 572 g/mol. The number of nitro groups is 1. The summed E-state index contributed by atoms with van der Waals surface area (Å²) in [6, 6.07) is 16.4. The second kappa shape index (κ2) is 13.7. The molecule has 0 aliphatic carbocycles. The predicted octanol–water partition coefficient (Wildman–Crippen LogP) is 6.99. The lowest BCUT2D eigenvalue weighted by Crippen LogP contribution is -2.13. The van der Waals surface area contributed by atoms with Gasteiger partial charge in [0.25, 0.3) is 16.8 Å². The Morgan fingerprint density at radius 2 is 1.81 bits per heavy atom. The van der Waals surface area contributed by atoms with Gasteiger partial charge < -0.3 is 13.9 Å². The summed E-state index contributed by atoms with van der Waals surface area (Å²) in [5, 5.41) is 22.9. The Balaban J connectivity index is 1.53. The molecular formula is C28H25F2N5O6S. The Bertz CT molecular complexity index is 1580. The molecule has 42 heavy (non-hydrogen) atoms. The van der Waals surface area contributed by atoms with Crippen molar-refractivity contribution in [3.05, 3.63) is 99.4 Å². The minimum Gasteiger partial charge on any atom is -0.484 e. The van der Waals surface area contributed by atoms with Gasteiger partial charge in [0.2, 0.25) is 5.78 Å². The van der Waals surface area contributed by atoms with Crippen molar-refractivity contribution in [3.63, 3.8) is 0 Å². The van der Waals surface area contributed by atoms with E-state index in [1.807, 2.05) is 25.1 Å². The molecule has 3 aromatic carbocycles. The van der Waals surface area contributed by atoms with E-state index in [1.54, 1.807) is 0 Å². The third kappa shape index (κ3) is 8.10. The maximum absolute atomic E-state index is 13.3. The molecule has 0 spiro atoms. The molecule has 1 aromatic heterocycles. The number of nitro benzene ring substituents is 1. The van der Waals surface area contributed by atoms with E-state index >= 15 is 0 Å². The molecule has 4 aromatic rings. The Morgan fingerprint density at radius 1 is 1.10 bits per heavy atom. The van der Waals surface area contributed by atoms with Crippen molar-refractivity contribution in [1.29, 1.82) is 0 Å². The monoisotopic (exact) mass is 597 g/mol. The topological polar surface area (TPSA) is 142 Å². The van der Waals surface area contributed by atoms with E-state index in [0.29, 0.717) is 11.4 Å². The molecule has 0 saturated carbocycles. The third-order valence-corrected chi connectivity index (χ3v) is 6.48. The lowest BCUT2D eigenvalue weighted by molar-refractivity contribution is -0.384. The number of anilines is 1. The standard InChI is InChI=1S/C28H25F2N5O6S/c1-16(2)22-13-4-17(3)14-23(22)39-15-24-32-34-28(41-24)42-26(33-31-19-7-9-20(10-8-19)35(37)38)25(36)18-5-11-21(12-6-18)40-27(29)30/h4-14,16,27,31H,15H2,1-3H3/b33-26+. The second-order valence-corrected chi connectivity index (χ2v) is 10.1. The number of rotatable bonds is 12. The number of alkyl halides is 2. The number of ether oxygens (including phenoxy) is 2. The van der Waals surface area contributed by atoms with Gasteiger partial charge in [-0.25, -0.2) is 0 Å². The highest BCUT2D eigenvalue weighted by atomic mass is 32.2. The van der Waals surface area contributed by atoms with E-state index in [-0.39, 0.29) is 45.7 Å². The molecule has 14 heteroatoms. The van der Waals surface area contributed by atoms with Crippen molar-refractivity contribution in [3.8, 4) is 11.5 Å². The van der Waals surface area contributed by atoms with Gasteiger partial charge in [0.05, 0.1) is 10.6 Å². The number of non-ortho nitro benzene ring substituents is 1. The van der Waals surface area contributed by atoms with E-state index < -0.39 is 17.3 Å². The van der Waals surface area contributed by atoms with Crippen molar-refractivity contribution in [1.82, 2.24) is 10.2 Å². The number of ketones is 1. The number of hydrazone groups is 1. The zero-order chi connectivity index (χ0) is 30.2. The molecule has 0 saturated heterocycles. The molecule has 0 radical (unpaired) electrons. The quantitative estimate of drug-likeness (QED) is 0.0453. The number of thioether (sulfide) groups is 1. The van der Waals surface area contributed by atoms with Gasteiger partial charge in [-0.1, -0.05) is 26.0 Å². The van der Waals surface area contributed by atoms with Crippen LogP contribution in [0, 0.1) is 17.0 Å². The molecule has 0 atom stereocenters. The first-order chi connectivity index (χ1) is 20.1. The Labute approximate surface area is 243 Å². The number of hydrogen-bond acceptors (Lipinski definition) is 11. The van der Waals surface area contributed by atoms with Gasteiger partial charge in [-0.2, -0.15) is 13.9 Å². The summed E-state index contributed by atoms with van der Waals surface area (Å²) in [5.41, 5.74) is 5.11. The molecule has 11 nitrogen and oxygen atoms in total. The first-order valence-corrected chi connectivity index (χ1v) is 13.3. The maximum Gasteiger partial charge on any atom is 0.387 e. The Kier molecular flexibility index (Phi) is 9.81. The molecule has 0 aliphatic rings. The molecule has 0 unspecified atom stereocenters. The zero-order valence-electron chi connectivity index (χ0n) is 22.6. The predicted molar refractivity (Wildman–Crippen MR) is 151 cm³/mol. The summed E-state index contributed by atoms with van der Waals surface area (Å²) in [6.07, 6.45) is 0. The maximum atomic E-state index is 13.3. The highest BCUT2D eigenvalue weighted by Gasteiger charge is 2.21. The number of halogens is 2. The Morgan fingerprint density at radius 3 is 2.45 bits per heavy atom. The van der Waals surface area contributed by atoms with E-state index in [2.05, 4.69) is 39.3 Å². The highest BCUT2D eigenvalue weighted by molar-refractivity contribution is 8.15. The zero-order valence-corrected chi connectivity index (χ0v) is 23.4. The van der Waals surface area contributed by atoms with Crippen LogP contribution < -0.4 is 14.9 Å². The number of benzene rings is 3. The average Bonchev–Trinajstić information content (AvgIpc) is 3.41. The van der Waals surface area contributed by atoms with Crippen LogP contribution in [0.25, 0.3) is 0 Å². The van der Waals surface area contributed by atoms with Crippen LogP contribution in [0.1, 0.15) is 47.1 Å². The van der Waals surface area contributed by atoms with Crippen LogP contribution in [-0.4, -0.2) is 32.6 Å². The van der Waals surface area contributed by atoms with Gasteiger partial charge in [0, 0.05) is 17.7 Å². The van der Waals surface area contributed by atoms with Crippen molar-refractivity contribution in [2.24, 2.45) is 5.10 Å². The molecule has 0 bridgehead atoms. The SMILES string of the molecule is Cc1ccc(C(C)C)c(OCc2nnc(S/C(=N/Nc3ccc([N+](=O)[O-])cc3)C(=O)c3ccc(OC(F)F)cc3)o2)c1. The van der Waals surface area contributed by atoms with Crippen LogP contribution in [0.5, 0.6) is 11.5 Å². The van der Waals surface area contributed by atoms with Gasteiger partial charge in [-0.3, -0.25) is 20.3 Å². The summed E-state index contributed by atoms with van der Waals surface area (Å²) in [4.78, 5) is 23.7. The van der Waals surface area contributed by atoms with E-state index in [0.717, 1.165) is 22.9 Å². The number of nitrogens with zero attached hydrogens (tertiary/aromatic N) is 4. The first-order valence-electron chi connectivity index (χ1n) is 12.5. The van der Waals surface area contributed by atoms with Gasteiger partial charge in [0.1, 0.15) is 11.5 Å². The number of hydrogen-bond donors (Lipinski definition) is 1. The number of carbonyl (C=O) groups excluding carboxylic acids is 1. The fraction of sp³-hybridized carbons (Fsp3) is 0.214. The average molecular weight is 598 g/mol. The van der Waals surface area contributed by atoms with Crippen LogP contribution in [0.15, 0.2) is 81.5 Å². The van der Waals surface area contributed by atoms with Crippen molar-refractivity contribution in [2.45, 2.75) is 45.1 Å². The summed E-state index contributed by atoms with van der Waals surface area (Å²) < 4.78 is 41.0. The fourth-order valence-electron chi connectivity index (χ4n) is 3.61. The molecule has 4 rings (SSSR count). The number of aromatic nitrogens is 2. The summed E-state index contributed by atoms with van der Waals surface area (Å²) in [5.74, 6) is 0.389. The molecule has 0 amide bonds. The molecule has 218 valence electrons. The summed E-state index contributed by atoms with van der Waals surface area (Å²) >= 11 is 0.769. The summed E-state index contributed by atoms with van der Waals surface area (Å²) in [6.45, 7) is 3.05. The van der Waals surface area contributed by atoms with Crippen LogP contribution >= 0.6 is 11.8 Å². The molecule has 1 heterocycles. The Hall–Kier alpha value is -4.85. The van der Waals surface area contributed by atoms with Gasteiger partial charge in [0.15, 0.2) is 11.7 Å².